The molecule has 0 aliphatic heterocycles. The van der Waals surface area contributed by atoms with Crippen LogP contribution in [0.2, 0.25) is 0 Å². The van der Waals surface area contributed by atoms with Crippen molar-refractivity contribution in [1.82, 2.24) is 0 Å². The highest BCUT2D eigenvalue weighted by atomic mass is 19.1. The Kier molecular flexibility index (Phi) is 7.59. The van der Waals surface area contributed by atoms with Crippen molar-refractivity contribution in [2.45, 2.75) is 52.4 Å². The van der Waals surface area contributed by atoms with Crippen molar-refractivity contribution in [3.63, 3.8) is 0 Å². The number of hydrogen-bond acceptors (Lipinski definition) is 0. The third-order valence-electron chi connectivity index (χ3n) is 6.27. The molecule has 0 aliphatic rings. The fourth-order valence-electron chi connectivity index (χ4n) is 4.09. The van der Waals surface area contributed by atoms with E-state index >= 15 is 0 Å². The second-order valence-corrected chi connectivity index (χ2v) is 8.70. The average molecular weight is 435 g/mol. The van der Waals surface area contributed by atoms with Gasteiger partial charge in [0.1, 0.15) is 5.82 Å². The molecule has 0 atom stereocenters. The second kappa shape index (κ2) is 11.0. The molecule has 0 unspecified atom stereocenters. The molecule has 0 heterocycles. The molecule has 4 aromatic rings. The van der Waals surface area contributed by atoms with E-state index in [-0.39, 0.29) is 5.82 Å². The smallest absolute Gasteiger partial charge is 0.146 e. The van der Waals surface area contributed by atoms with E-state index in [2.05, 4.69) is 68.2 Å². The van der Waals surface area contributed by atoms with Gasteiger partial charge in [0.25, 0.3) is 0 Å². The lowest BCUT2D eigenvalue weighted by Crippen LogP contribution is -1.93. The van der Waals surface area contributed by atoms with Gasteiger partial charge in [0.05, 0.1) is 5.56 Å². The maximum atomic E-state index is 14.9. The van der Waals surface area contributed by atoms with Gasteiger partial charge in [-0.1, -0.05) is 92.8 Å². The molecule has 1 heteroatoms. The Morgan fingerprint density at radius 3 is 1.88 bits per heavy atom. The molecule has 0 radical (unpaired) electrons. The summed E-state index contributed by atoms with van der Waals surface area (Å²) < 4.78 is 14.9. The van der Waals surface area contributed by atoms with Gasteiger partial charge in [-0.3, -0.25) is 0 Å². The molecular weight excluding hydrogens is 403 g/mol. The summed E-state index contributed by atoms with van der Waals surface area (Å²) in [6, 6.07) is 27.0. The number of halogens is 1. The van der Waals surface area contributed by atoms with Gasteiger partial charge in [-0.05, 0) is 77.9 Å². The molecule has 0 saturated heterocycles. The van der Waals surface area contributed by atoms with Crippen molar-refractivity contribution in [2.24, 2.45) is 0 Å². The number of fused-ring (bicyclic) bond motifs is 1. The van der Waals surface area contributed by atoms with E-state index in [0.717, 1.165) is 30.2 Å². The molecule has 0 spiro atoms. The van der Waals surface area contributed by atoms with Crippen LogP contribution >= 0.6 is 0 Å². The van der Waals surface area contributed by atoms with Crippen molar-refractivity contribution in [3.05, 3.63) is 118 Å². The Bertz CT molecular complexity index is 1270. The normalized spacial score (nSPS) is 10.8. The van der Waals surface area contributed by atoms with Gasteiger partial charge in [-0.25, -0.2) is 4.39 Å². The van der Waals surface area contributed by atoms with E-state index < -0.39 is 0 Å². The zero-order chi connectivity index (χ0) is 23.0. The van der Waals surface area contributed by atoms with E-state index in [1.165, 1.54) is 41.5 Å². The SMILES string of the molecule is CCCCc1ccc(CCc2ccc(C#Cc3ccc4cc(CC)ccc4c3F)cc2)cc1. The molecule has 0 N–H and O–H groups in total. The van der Waals surface area contributed by atoms with Crippen LogP contribution in [0.5, 0.6) is 0 Å². The van der Waals surface area contributed by atoms with Crippen LogP contribution in [0, 0.1) is 17.7 Å². The predicted octanol–water partition coefficient (Wildman–Crippen LogP) is 8.07. The van der Waals surface area contributed by atoms with E-state index in [1.54, 1.807) is 6.07 Å². The van der Waals surface area contributed by atoms with Crippen molar-refractivity contribution in [3.8, 4) is 11.8 Å². The number of unbranched alkanes of at least 4 members (excludes halogenated alkanes) is 1. The number of aryl methyl sites for hydroxylation is 4. The summed E-state index contributed by atoms with van der Waals surface area (Å²) >= 11 is 0. The van der Waals surface area contributed by atoms with Gasteiger partial charge >= 0.3 is 0 Å². The summed E-state index contributed by atoms with van der Waals surface area (Å²) in [5, 5.41) is 1.56. The first-order valence-corrected chi connectivity index (χ1v) is 12.1. The topological polar surface area (TPSA) is 0 Å². The quantitative estimate of drug-likeness (QED) is 0.258. The summed E-state index contributed by atoms with van der Waals surface area (Å²) in [5.74, 6) is 5.91. The van der Waals surface area contributed by atoms with Crippen molar-refractivity contribution in [1.29, 1.82) is 0 Å². The number of benzene rings is 4. The van der Waals surface area contributed by atoms with Crippen LogP contribution in [-0.4, -0.2) is 0 Å². The van der Waals surface area contributed by atoms with Gasteiger partial charge in [-0.15, -0.1) is 0 Å². The maximum absolute atomic E-state index is 14.9. The Morgan fingerprint density at radius 1 is 0.636 bits per heavy atom. The van der Waals surface area contributed by atoms with E-state index in [0.29, 0.717) is 10.9 Å². The van der Waals surface area contributed by atoms with Gasteiger partial charge in [-0.2, -0.15) is 0 Å². The molecule has 0 nitrogen and oxygen atoms in total. The highest BCUT2D eigenvalue weighted by Crippen LogP contribution is 2.22. The molecule has 166 valence electrons. The Hall–Kier alpha value is -3.37. The van der Waals surface area contributed by atoms with Crippen LogP contribution in [0.15, 0.2) is 78.9 Å². The number of rotatable bonds is 7. The minimum absolute atomic E-state index is 0.236. The van der Waals surface area contributed by atoms with Gasteiger partial charge in [0, 0.05) is 10.9 Å². The van der Waals surface area contributed by atoms with Crippen molar-refractivity contribution in [2.75, 3.05) is 0 Å². The molecule has 0 aromatic heterocycles. The first-order chi connectivity index (χ1) is 16.2. The molecular formula is C32H31F. The molecule has 0 bridgehead atoms. The molecule has 0 fully saturated rings. The fraction of sp³-hybridized carbons (Fsp3) is 0.250. The van der Waals surface area contributed by atoms with Crippen LogP contribution in [-0.2, 0) is 25.7 Å². The predicted molar refractivity (Wildman–Crippen MR) is 138 cm³/mol. The summed E-state index contributed by atoms with van der Waals surface area (Å²) in [6.07, 6.45) is 6.63. The van der Waals surface area contributed by atoms with E-state index in [1.807, 2.05) is 30.3 Å². The maximum Gasteiger partial charge on any atom is 0.146 e. The lowest BCUT2D eigenvalue weighted by molar-refractivity contribution is 0.636. The third kappa shape index (κ3) is 5.91. The Labute approximate surface area is 197 Å². The summed E-state index contributed by atoms with van der Waals surface area (Å²) in [4.78, 5) is 0. The van der Waals surface area contributed by atoms with Crippen LogP contribution in [0.4, 0.5) is 4.39 Å². The number of hydrogen-bond donors (Lipinski definition) is 0. The van der Waals surface area contributed by atoms with Gasteiger partial charge in [0.15, 0.2) is 0 Å². The summed E-state index contributed by atoms with van der Waals surface area (Å²) in [6.45, 7) is 4.34. The van der Waals surface area contributed by atoms with Gasteiger partial charge < -0.3 is 0 Å². The lowest BCUT2D eigenvalue weighted by Gasteiger charge is -2.05. The van der Waals surface area contributed by atoms with E-state index in [9.17, 15) is 4.39 Å². The molecule has 0 amide bonds. The lowest BCUT2D eigenvalue weighted by atomic mass is 10.0. The Balaban J connectivity index is 1.40. The van der Waals surface area contributed by atoms with Crippen molar-refractivity contribution < 1.29 is 4.39 Å². The largest absolute Gasteiger partial charge is 0.205 e. The van der Waals surface area contributed by atoms with Crippen LogP contribution in [0.3, 0.4) is 0 Å². The minimum atomic E-state index is -0.236. The Morgan fingerprint density at radius 2 is 1.24 bits per heavy atom. The fourth-order valence-corrected chi connectivity index (χ4v) is 4.09. The zero-order valence-electron chi connectivity index (χ0n) is 19.6. The summed E-state index contributed by atoms with van der Waals surface area (Å²) in [5.41, 5.74) is 6.65. The molecule has 0 aliphatic carbocycles. The molecule has 0 saturated carbocycles. The van der Waals surface area contributed by atoms with Crippen LogP contribution in [0.25, 0.3) is 10.8 Å². The molecule has 4 rings (SSSR count). The molecule has 4 aromatic carbocycles. The second-order valence-electron chi connectivity index (χ2n) is 8.70. The standard InChI is InChI=1S/C32H31F/c1-3-5-6-25-7-9-26(10-8-25)11-12-27-13-15-28(16-14-27)17-19-29-20-21-30-23-24(4-2)18-22-31(30)32(29)33/h7-10,13-16,18,20-23H,3-6,11-12H2,1-2H3. The third-order valence-corrected chi connectivity index (χ3v) is 6.27. The summed E-state index contributed by atoms with van der Waals surface area (Å²) in [7, 11) is 0. The van der Waals surface area contributed by atoms with Gasteiger partial charge in [0.2, 0.25) is 0 Å². The highest BCUT2D eigenvalue weighted by molar-refractivity contribution is 5.85. The zero-order valence-corrected chi connectivity index (χ0v) is 19.6. The highest BCUT2D eigenvalue weighted by Gasteiger charge is 2.06. The first-order valence-electron chi connectivity index (χ1n) is 12.1. The van der Waals surface area contributed by atoms with E-state index in [4.69, 9.17) is 0 Å². The monoisotopic (exact) mass is 434 g/mol. The molecule has 33 heavy (non-hydrogen) atoms. The average Bonchev–Trinajstić information content (AvgIpc) is 2.87. The van der Waals surface area contributed by atoms with Crippen molar-refractivity contribution >= 4 is 10.8 Å². The minimum Gasteiger partial charge on any atom is -0.205 e. The van der Waals surface area contributed by atoms with Crippen LogP contribution in [0.1, 0.15) is 60.1 Å². The first kappa shape index (κ1) is 22.8. The van der Waals surface area contributed by atoms with Crippen LogP contribution < -0.4 is 0 Å².